The van der Waals surface area contributed by atoms with Gasteiger partial charge in [-0.15, -0.1) is 29.7 Å². The fourth-order valence-corrected chi connectivity index (χ4v) is 9.14. The minimum atomic E-state index is -0.602. The van der Waals surface area contributed by atoms with Gasteiger partial charge in [-0.05, 0) is 103 Å². The Labute approximate surface area is 447 Å². The zero-order valence-corrected chi connectivity index (χ0v) is 41.2. The molecule has 72 heavy (non-hydrogen) atoms. The topological polar surface area (TPSA) is 59.6 Å². The number of nitrogens with zero attached hydrogens (tertiary/aromatic N) is 5. The van der Waals surface area contributed by atoms with Crippen LogP contribution in [0, 0.1) is 29.8 Å². The second kappa shape index (κ2) is 18.9. The minimum Gasteiger partial charge on any atom is -0.510 e. The first kappa shape index (κ1) is 35.5. The van der Waals surface area contributed by atoms with Crippen molar-refractivity contribution < 1.29 is 44.1 Å². The van der Waals surface area contributed by atoms with E-state index in [1.807, 2.05) is 66.9 Å². The van der Waals surface area contributed by atoms with Gasteiger partial charge in [0.1, 0.15) is 5.82 Å². The molecule has 0 aliphatic heterocycles. The van der Waals surface area contributed by atoms with Crippen molar-refractivity contribution >= 4 is 32.8 Å². The number of hydrogen-bond donors (Lipinski definition) is 0. The van der Waals surface area contributed by atoms with Gasteiger partial charge in [0.15, 0.2) is 0 Å². The summed E-state index contributed by atoms with van der Waals surface area (Å²) < 4.78 is 101. The van der Waals surface area contributed by atoms with Crippen LogP contribution in [0.3, 0.4) is 0 Å². The van der Waals surface area contributed by atoms with E-state index < -0.39 is 60.4 Å². The van der Waals surface area contributed by atoms with Crippen LogP contribution in [0.2, 0.25) is 0 Å². The number of rotatable bonds is 9. The average molecular weight is 1120 g/mol. The molecule has 9 aromatic carbocycles. The van der Waals surface area contributed by atoms with Gasteiger partial charge in [-0.25, -0.2) is 4.98 Å². The van der Waals surface area contributed by atoms with Crippen LogP contribution in [0.1, 0.15) is 45.6 Å². The van der Waals surface area contributed by atoms with Crippen molar-refractivity contribution in [2.45, 2.75) is 26.2 Å². The SMILES string of the molecule is [2H]c1c([2H])c([2H])c(-c2cccc(-c3c([2H])c([2H])c([2H])c([2H])c3[2H])c2-[n+]2[c-]n(-c3[c-]c(Oc4[c-]c5c(cc4)c4cc(-c6ccccc6)ccc4n5-c4cc(C(C)(C)C)ccn4)ccc3)c3ccc(-c4cccc(C#N)c4)cc32)c([2H])c1[2H].[Pt]. The van der Waals surface area contributed by atoms with Gasteiger partial charge in [0.25, 0.3) is 6.33 Å². The summed E-state index contributed by atoms with van der Waals surface area (Å²) >= 11 is 0. The predicted octanol–water partition coefficient (Wildman–Crippen LogP) is 15.4. The molecule has 0 amide bonds. The smallest absolute Gasteiger partial charge is 0.268 e. The third-order valence-electron chi connectivity index (χ3n) is 12.6. The molecule has 0 aliphatic rings. The molecule has 0 saturated heterocycles. The molecule has 3 aromatic heterocycles. The van der Waals surface area contributed by atoms with E-state index >= 15 is 0 Å². The summed E-state index contributed by atoms with van der Waals surface area (Å²) in [6.45, 7) is 6.50. The quantitative estimate of drug-likeness (QED) is 0.107. The summed E-state index contributed by atoms with van der Waals surface area (Å²) in [7, 11) is 0. The van der Waals surface area contributed by atoms with Crippen LogP contribution in [-0.4, -0.2) is 14.1 Å². The summed E-state index contributed by atoms with van der Waals surface area (Å²) in [5.41, 5.74) is 7.92. The second-order valence-electron chi connectivity index (χ2n) is 18.0. The number of aromatic nitrogens is 4. The van der Waals surface area contributed by atoms with Crippen LogP contribution in [-0.2, 0) is 26.5 Å². The number of ether oxygens (including phenoxy) is 1. The molecule has 7 heteroatoms. The molecular weight excluding hydrogens is 1060 g/mol. The van der Waals surface area contributed by atoms with Gasteiger partial charge in [-0.2, -0.15) is 23.5 Å². The van der Waals surface area contributed by atoms with Gasteiger partial charge in [0.2, 0.25) is 0 Å². The van der Waals surface area contributed by atoms with Gasteiger partial charge in [0, 0.05) is 44.3 Å². The predicted molar refractivity (Wildman–Crippen MR) is 285 cm³/mol. The Morgan fingerprint density at radius 2 is 1.25 bits per heavy atom. The summed E-state index contributed by atoms with van der Waals surface area (Å²) in [6, 6.07) is 51.0. The third-order valence-corrected chi connectivity index (χ3v) is 12.6. The van der Waals surface area contributed by atoms with E-state index in [9.17, 15) is 10.7 Å². The largest absolute Gasteiger partial charge is 0.510 e. The Balaban J connectivity index is 0.00000705. The summed E-state index contributed by atoms with van der Waals surface area (Å²) in [4.78, 5) is 4.89. The van der Waals surface area contributed by atoms with Crippen LogP contribution in [0.15, 0.2) is 218 Å². The van der Waals surface area contributed by atoms with Crippen molar-refractivity contribution in [1.29, 1.82) is 5.26 Å². The fraction of sp³-hybridized carbons (Fsp3) is 0.0615. The molecule has 0 radical (unpaired) electrons. The van der Waals surface area contributed by atoms with Crippen LogP contribution in [0.5, 0.6) is 11.5 Å². The van der Waals surface area contributed by atoms with Crippen molar-refractivity contribution in [2.24, 2.45) is 0 Å². The van der Waals surface area contributed by atoms with Crippen molar-refractivity contribution in [3.8, 4) is 79.3 Å². The monoisotopic (exact) mass is 1120 g/mol. The molecule has 3 heterocycles. The Hall–Kier alpha value is -8.62. The molecule has 0 unspecified atom stereocenters. The number of hydrogen-bond acceptors (Lipinski definition) is 3. The number of nitriles is 1. The summed E-state index contributed by atoms with van der Waals surface area (Å²) in [6.07, 6.45) is 5.29. The van der Waals surface area contributed by atoms with E-state index in [4.69, 9.17) is 17.9 Å². The van der Waals surface area contributed by atoms with E-state index in [0.29, 0.717) is 44.9 Å². The summed E-state index contributed by atoms with van der Waals surface area (Å²) in [5.74, 6) is 1.44. The van der Waals surface area contributed by atoms with Crippen molar-refractivity contribution in [3.63, 3.8) is 0 Å². The van der Waals surface area contributed by atoms with Gasteiger partial charge in [-0.3, -0.25) is 4.57 Å². The van der Waals surface area contributed by atoms with E-state index in [-0.39, 0.29) is 54.4 Å². The molecule has 12 aromatic rings. The first-order chi connectivity index (χ1) is 38.9. The second-order valence-corrected chi connectivity index (χ2v) is 18.0. The summed E-state index contributed by atoms with van der Waals surface area (Å²) in [5, 5.41) is 11.8. The molecule has 6 nitrogen and oxygen atoms in total. The maximum absolute atomic E-state index is 9.89. The Morgan fingerprint density at radius 3 is 1.97 bits per heavy atom. The normalized spacial score (nSPS) is 13.4. The van der Waals surface area contributed by atoms with Gasteiger partial charge in [0.05, 0.1) is 42.1 Å². The fourth-order valence-electron chi connectivity index (χ4n) is 9.14. The van der Waals surface area contributed by atoms with E-state index in [1.54, 1.807) is 63.7 Å². The molecule has 0 spiro atoms. The molecule has 0 bridgehead atoms. The van der Waals surface area contributed by atoms with Crippen molar-refractivity contribution in [1.82, 2.24) is 14.1 Å². The van der Waals surface area contributed by atoms with Crippen molar-refractivity contribution in [3.05, 3.63) is 248 Å². The van der Waals surface area contributed by atoms with Crippen molar-refractivity contribution in [2.75, 3.05) is 0 Å². The average Bonchev–Trinajstić information content (AvgIpc) is 3.10. The maximum atomic E-state index is 9.89. The van der Waals surface area contributed by atoms with Crippen LogP contribution >= 0.6 is 0 Å². The van der Waals surface area contributed by atoms with E-state index in [1.165, 1.54) is 0 Å². The molecular formula is C65H45N5OPt-2. The molecule has 0 fully saturated rings. The van der Waals surface area contributed by atoms with E-state index in [2.05, 4.69) is 86.3 Å². The van der Waals surface area contributed by atoms with Gasteiger partial charge < -0.3 is 13.9 Å². The molecule has 0 aliphatic carbocycles. The standard InChI is InChI=1S/C65H45N5O.Pt/c1-65(2,3)51-34-35-67-63(39-51)70-59-32-28-49(45-17-7-4-8-18-45)37-58(59)57-31-30-54(41-61(57)70)71-53-25-14-24-52(40-53)68-43-69(62-38-50(29-33-60(62)68)48-23-13-16-44(36-48)42-66)64-55(46-19-9-5-10-20-46)26-15-27-56(64)47-21-11-6-12-22-47;/h4-39H,1-3H3;/q-2;/i5D,6D,9D,10D,11D,12D,19D,20D,21D,22D;. The molecule has 0 N–H and O–H groups in total. The number of fused-ring (bicyclic) bond motifs is 4. The maximum Gasteiger partial charge on any atom is 0.268 e. The molecule has 348 valence electrons. The van der Waals surface area contributed by atoms with E-state index in [0.717, 1.165) is 44.3 Å². The molecule has 12 rings (SSSR count). The zero-order chi connectivity index (χ0) is 56.8. The Bertz CT molecular complexity index is 4500. The molecule has 0 saturated carbocycles. The van der Waals surface area contributed by atoms with Crippen LogP contribution in [0.25, 0.3) is 94.5 Å². The number of imidazole rings is 1. The number of pyridine rings is 1. The van der Waals surface area contributed by atoms with Gasteiger partial charge in [-0.1, -0.05) is 172 Å². The first-order valence-corrected chi connectivity index (χ1v) is 22.9. The number of benzene rings is 9. The van der Waals surface area contributed by atoms with Crippen LogP contribution in [0.4, 0.5) is 0 Å². The third kappa shape index (κ3) is 8.49. The Morgan fingerprint density at radius 1 is 0.597 bits per heavy atom. The van der Waals surface area contributed by atoms with Crippen LogP contribution < -0.4 is 9.30 Å². The van der Waals surface area contributed by atoms with Gasteiger partial charge >= 0.3 is 0 Å². The zero-order valence-electron chi connectivity index (χ0n) is 49.0. The molecule has 0 atom stereocenters. The number of para-hydroxylation sites is 1. The first-order valence-electron chi connectivity index (χ1n) is 27.9. The minimum absolute atomic E-state index is 0. The Kier molecular flexibility index (Phi) is 9.33.